The summed E-state index contributed by atoms with van der Waals surface area (Å²) in [6.45, 7) is 4.86. The van der Waals surface area contributed by atoms with Crippen LogP contribution in [0.15, 0.2) is 0 Å². The van der Waals surface area contributed by atoms with Gasteiger partial charge in [0.2, 0.25) is 0 Å². The van der Waals surface area contributed by atoms with Crippen molar-refractivity contribution in [3.05, 3.63) is 0 Å². The van der Waals surface area contributed by atoms with Gasteiger partial charge in [0.15, 0.2) is 9.84 Å². The molecular weight excluding hydrogens is 230 g/mol. The molecule has 0 rings (SSSR count). The molecule has 0 bridgehead atoms. The SMILES string of the molecule is CCCNC(C)CCS(=O)(=O)CC(=O)OC. The first-order chi connectivity index (χ1) is 7.41. The summed E-state index contributed by atoms with van der Waals surface area (Å²) in [5, 5.41) is 3.19. The van der Waals surface area contributed by atoms with Gasteiger partial charge < -0.3 is 10.1 Å². The zero-order valence-corrected chi connectivity index (χ0v) is 11.0. The van der Waals surface area contributed by atoms with Crippen LogP contribution < -0.4 is 5.32 Å². The summed E-state index contributed by atoms with van der Waals surface area (Å²) in [4.78, 5) is 10.8. The first-order valence-electron chi connectivity index (χ1n) is 5.42. The van der Waals surface area contributed by atoms with Crippen LogP contribution in [-0.4, -0.2) is 45.6 Å². The standard InChI is InChI=1S/C10H21NO4S/c1-4-6-11-9(2)5-7-16(13,14)8-10(12)15-3/h9,11H,4-8H2,1-3H3. The molecule has 0 spiro atoms. The molecule has 0 saturated heterocycles. The number of esters is 1. The van der Waals surface area contributed by atoms with Gasteiger partial charge in [0.1, 0.15) is 5.75 Å². The number of methoxy groups -OCH3 is 1. The van der Waals surface area contributed by atoms with Crippen LogP contribution in [0, 0.1) is 0 Å². The van der Waals surface area contributed by atoms with Crippen LogP contribution in [0.25, 0.3) is 0 Å². The summed E-state index contributed by atoms with van der Waals surface area (Å²) in [7, 11) is -2.14. The number of hydrogen-bond donors (Lipinski definition) is 1. The van der Waals surface area contributed by atoms with E-state index in [9.17, 15) is 13.2 Å². The Kier molecular flexibility index (Phi) is 7.33. The highest BCUT2D eigenvalue weighted by Crippen LogP contribution is 1.99. The molecule has 1 unspecified atom stereocenters. The molecule has 0 aromatic rings. The van der Waals surface area contributed by atoms with E-state index in [-0.39, 0.29) is 11.8 Å². The molecule has 0 aliphatic rings. The van der Waals surface area contributed by atoms with Gasteiger partial charge in [-0.3, -0.25) is 4.79 Å². The fourth-order valence-corrected chi connectivity index (χ4v) is 2.49. The first kappa shape index (κ1) is 15.4. The molecule has 0 amide bonds. The molecule has 0 aromatic carbocycles. The van der Waals surface area contributed by atoms with Gasteiger partial charge in [-0.25, -0.2) is 8.42 Å². The molecule has 0 aliphatic carbocycles. The van der Waals surface area contributed by atoms with Gasteiger partial charge in [0.05, 0.1) is 12.9 Å². The minimum Gasteiger partial charge on any atom is -0.468 e. The van der Waals surface area contributed by atoms with E-state index >= 15 is 0 Å². The summed E-state index contributed by atoms with van der Waals surface area (Å²) in [5.74, 6) is -1.21. The van der Waals surface area contributed by atoms with E-state index in [4.69, 9.17) is 0 Å². The predicted octanol–water partition coefficient (Wildman–Crippen LogP) is 0.352. The Hall–Kier alpha value is -0.620. The average molecular weight is 251 g/mol. The lowest BCUT2D eigenvalue weighted by Crippen LogP contribution is -2.30. The monoisotopic (exact) mass is 251 g/mol. The number of hydrogen-bond acceptors (Lipinski definition) is 5. The molecule has 0 heterocycles. The zero-order chi connectivity index (χ0) is 12.6. The summed E-state index contributed by atoms with van der Waals surface area (Å²) >= 11 is 0. The fraction of sp³-hybridized carbons (Fsp3) is 0.900. The Bertz CT molecular complexity index is 300. The smallest absolute Gasteiger partial charge is 0.320 e. The number of ether oxygens (including phenoxy) is 1. The first-order valence-corrected chi connectivity index (χ1v) is 7.24. The van der Waals surface area contributed by atoms with E-state index in [1.165, 1.54) is 7.11 Å². The second-order valence-electron chi connectivity index (χ2n) is 3.81. The molecule has 0 saturated carbocycles. The molecular formula is C10H21NO4S. The molecule has 0 fully saturated rings. The van der Waals surface area contributed by atoms with Gasteiger partial charge in [-0.2, -0.15) is 0 Å². The van der Waals surface area contributed by atoms with Gasteiger partial charge in [-0.15, -0.1) is 0 Å². The maximum absolute atomic E-state index is 11.4. The number of nitrogens with one attached hydrogen (secondary N) is 1. The van der Waals surface area contributed by atoms with Gasteiger partial charge in [-0.05, 0) is 26.3 Å². The second kappa shape index (κ2) is 7.62. The van der Waals surface area contributed by atoms with E-state index in [0.29, 0.717) is 6.42 Å². The number of sulfone groups is 1. The highest BCUT2D eigenvalue weighted by Gasteiger charge is 2.17. The Morgan fingerprint density at radius 1 is 1.44 bits per heavy atom. The van der Waals surface area contributed by atoms with Crippen molar-refractivity contribution in [1.29, 1.82) is 0 Å². The van der Waals surface area contributed by atoms with Crippen molar-refractivity contribution in [1.82, 2.24) is 5.32 Å². The van der Waals surface area contributed by atoms with Crippen molar-refractivity contribution in [3.63, 3.8) is 0 Å². The molecule has 5 nitrogen and oxygen atoms in total. The summed E-state index contributed by atoms with van der Waals surface area (Å²) in [6, 6.07) is 0.146. The fourth-order valence-electron chi connectivity index (χ4n) is 1.16. The molecule has 96 valence electrons. The highest BCUT2D eigenvalue weighted by atomic mass is 32.2. The van der Waals surface area contributed by atoms with E-state index in [0.717, 1.165) is 13.0 Å². The molecule has 1 atom stereocenters. The lowest BCUT2D eigenvalue weighted by molar-refractivity contribution is -0.137. The van der Waals surface area contributed by atoms with E-state index in [1.54, 1.807) is 0 Å². The van der Waals surface area contributed by atoms with Crippen LogP contribution in [0.1, 0.15) is 26.7 Å². The maximum Gasteiger partial charge on any atom is 0.320 e. The number of rotatable bonds is 8. The minimum absolute atomic E-state index is 0.0139. The molecule has 1 N–H and O–H groups in total. The zero-order valence-electron chi connectivity index (χ0n) is 10.2. The van der Waals surface area contributed by atoms with Crippen molar-refractivity contribution in [2.75, 3.05) is 25.2 Å². The third-order valence-corrected chi connectivity index (χ3v) is 3.70. The van der Waals surface area contributed by atoms with Gasteiger partial charge in [0, 0.05) is 6.04 Å². The molecule has 6 heteroatoms. The van der Waals surface area contributed by atoms with E-state index in [1.807, 2.05) is 13.8 Å². The maximum atomic E-state index is 11.4. The Morgan fingerprint density at radius 2 is 2.06 bits per heavy atom. The molecule has 0 radical (unpaired) electrons. The number of carbonyl (C=O) groups is 1. The van der Waals surface area contributed by atoms with Crippen molar-refractivity contribution in [2.45, 2.75) is 32.7 Å². The van der Waals surface area contributed by atoms with Crippen molar-refractivity contribution < 1.29 is 17.9 Å². The third kappa shape index (κ3) is 7.64. The normalized spacial score (nSPS) is 13.4. The molecule has 0 aliphatic heterocycles. The predicted molar refractivity (Wildman–Crippen MR) is 63.0 cm³/mol. The van der Waals surface area contributed by atoms with Crippen LogP contribution in [0.2, 0.25) is 0 Å². The average Bonchev–Trinajstić information content (AvgIpc) is 2.23. The largest absolute Gasteiger partial charge is 0.468 e. The van der Waals surface area contributed by atoms with Gasteiger partial charge in [0.25, 0.3) is 0 Å². The minimum atomic E-state index is -3.33. The van der Waals surface area contributed by atoms with Crippen LogP contribution in [0.4, 0.5) is 0 Å². The van der Waals surface area contributed by atoms with Crippen LogP contribution in [-0.2, 0) is 19.4 Å². The van der Waals surface area contributed by atoms with Crippen LogP contribution >= 0.6 is 0 Å². The summed E-state index contributed by atoms with van der Waals surface area (Å²) < 4.78 is 27.2. The Morgan fingerprint density at radius 3 is 2.56 bits per heavy atom. The van der Waals surface area contributed by atoms with Crippen molar-refractivity contribution >= 4 is 15.8 Å². The van der Waals surface area contributed by atoms with E-state index in [2.05, 4.69) is 10.1 Å². The molecule has 0 aromatic heterocycles. The Balaban J connectivity index is 3.94. The number of carbonyl (C=O) groups excluding carboxylic acids is 1. The topological polar surface area (TPSA) is 72.5 Å². The van der Waals surface area contributed by atoms with Gasteiger partial charge >= 0.3 is 5.97 Å². The summed E-state index contributed by atoms with van der Waals surface area (Å²) in [6.07, 6.45) is 1.53. The van der Waals surface area contributed by atoms with Crippen LogP contribution in [0.3, 0.4) is 0 Å². The van der Waals surface area contributed by atoms with Crippen molar-refractivity contribution in [2.24, 2.45) is 0 Å². The quantitative estimate of drug-likeness (QED) is 0.630. The lowest BCUT2D eigenvalue weighted by atomic mass is 10.2. The lowest BCUT2D eigenvalue weighted by Gasteiger charge is -2.12. The third-order valence-electron chi connectivity index (χ3n) is 2.17. The Labute approximate surface area is 97.5 Å². The van der Waals surface area contributed by atoms with E-state index < -0.39 is 21.6 Å². The summed E-state index contributed by atoms with van der Waals surface area (Å²) in [5.41, 5.74) is 0. The highest BCUT2D eigenvalue weighted by molar-refractivity contribution is 7.92. The molecule has 16 heavy (non-hydrogen) atoms. The van der Waals surface area contributed by atoms with Gasteiger partial charge in [-0.1, -0.05) is 6.92 Å². The second-order valence-corrected chi connectivity index (χ2v) is 6.00. The van der Waals surface area contributed by atoms with Crippen LogP contribution in [0.5, 0.6) is 0 Å². The van der Waals surface area contributed by atoms with Crippen molar-refractivity contribution in [3.8, 4) is 0 Å².